The average molecular weight is 229 g/mol. The highest BCUT2D eigenvalue weighted by molar-refractivity contribution is 6.06. The summed E-state index contributed by atoms with van der Waals surface area (Å²) in [5.74, 6) is -0.535. The fraction of sp³-hybridized carbons (Fsp3) is 0.0833. The van der Waals surface area contributed by atoms with Gasteiger partial charge >= 0.3 is 0 Å². The first kappa shape index (κ1) is 11.1. The van der Waals surface area contributed by atoms with E-state index in [1.807, 2.05) is 6.92 Å². The molecule has 1 amide bonds. The number of hydrogen-bond donors (Lipinski definition) is 2. The number of aromatic hydroxyl groups is 1. The van der Waals surface area contributed by atoms with E-state index in [1.165, 1.54) is 18.5 Å². The first-order chi connectivity index (χ1) is 8.18. The van der Waals surface area contributed by atoms with E-state index >= 15 is 0 Å². The molecule has 2 aromatic heterocycles. The maximum Gasteiger partial charge on any atom is 0.259 e. The SMILES string of the molecule is Cc1ccncc1NC(=O)c1ccncc1O. The van der Waals surface area contributed by atoms with E-state index in [9.17, 15) is 9.90 Å². The highest BCUT2D eigenvalue weighted by Crippen LogP contribution is 2.17. The zero-order valence-electron chi connectivity index (χ0n) is 9.21. The van der Waals surface area contributed by atoms with Crippen molar-refractivity contribution in [3.63, 3.8) is 0 Å². The van der Waals surface area contributed by atoms with Crippen molar-refractivity contribution >= 4 is 11.6 Å². The fourth-order valence-corrected chi connectivity index (χ4v) is 1.36. The highest BCUT2D eigenvalue weighted by atomic mass is 16.3. The monoisotopic (exact) mass is 229 g/mol. The van der Waals surface area contributed by atoms with Crippen LogP contribution >= 0.6 is 0 Å². The Hall–Kier alpha value is -2.43. The van der Waals surface area contributed by atoms with Gasteiger partial charge in [-0.15, -0.1) is 0 Å². The van der Waals surface area contributed by atoms with Crippen LogP contribution in [-0.2, 0) is 0 Å². The van der Waals surface area contributed by atoms with Crippen LogP contribution in [0.4, 0.5) is 5.69 Å². The van der Waals surface area contributed by atoms with Crippen molar-refractivity contribution in [1.82, 2.24) is 9.97 Å². The average Bonchev–Trinajstić information content (AvgIpc) is 2.32. The third-order valence-electron chi connectivity index (χ3n) is 2.33. The van der Waals surface area contributed by atoms with Crippen molar-refractivity contribution in [1.29, 1.82) is 0 Å². The number of anilines is 1. The molecule has 0 radical (unpaired) electrons. The molecule has 0 fully saturated rings. The van der Waals surface area contributed by atoms with E-state index in [0.29, 0.717) is 5.69 Å². The predicted octanol–water partition coefficient (Wildman–Crippen LogP) is 1.74. The van der Waals surface area contributed by atoms with Gasteiger partial charge in [0.15, 0.2) is 0 Å². The van der Waals surface area contributed by atoms with Gasteiger partial charge < -0.3 is 10.4 Å². The summed E-state index contributed by atoms with van der Waals surface area (Å²) in [7, 11) is 0. The largest absolute Gasteiger partial charge is 0.505 e. The van der Waals surface area contributed by atoms with E-state index in [-0.39, 0.29) is 17.2 Å². The van der Waals surface area contributed by atoms with Gasteiger partial charge in [0.05, 0.1) is 23.6 Å². The summed E-state index contributed by atoms with van der Waals surface area (Å²) >= 11 is 0. The first-order valence-corrected chi connectivity index (χ1v) is 5.03. The van der Waals surface area contributed by atoms with E-state index in [4.69, 9.17) is 0 Å². The molecule has 0 aliphatic rings. The molecule has 0 bridgehead atoms. The van der Waals surface area contributed by atoms with E-state index in [1.54, 1.807) is 18.5 Å². The Morgan fingerprint density at radius 2 is 1.94 bits per heavy atom. The van der Waals surface area contributed by atoms with Crippen molar-refractivity contribution in [3.05, 3.63) is 48.0 Å². The molecule has 86 valence electrons. The van der Waals surface area contributed by atoms with Crippen LogP contribution < -0.4 is 5.32 Å². The van der Waals surface area contributed by atoms with Gasteiger partial charge in [0.25, 0.3) is 5.91 Å². The Bertz CT molecular complexity index is 555. The quantitative estimate of drug-likeness (QED) is 0.822. The fourth-order valence-electron chi connectivity index (χ4n) is 1.36. The zero-order valence-corrected chi connectivity index (χ0v) is 9.21. The van der Waals surface area contributed by atoms with Crippen molar-refractivity contribution in [3.8, 4) is 5.75 Å². The van der Waals surface area contributed by atoms with Crippen LogP contribution in [-0.4, -0.2) is 21.0 Å². The molecular weight excluding hydrogens is 218 g/mol. The van der Waals surface area contributed by atoms with Crippen molar-refractivity contribution in [2.45, 2.75) is 6.92 Å². The third kappa shape index (κ3) is 2.39. The van der Waals surface area contributed by atoms with Gasteiger partial charge in [0.1, 0.15) is 5.75 Å². The number of aromatic nitrogens is 2. The van der Waals surface area contributed by atoms with Crippen LogP contribution in [0.15, 0.2) is 36.9 Å². The molecule has 0 unspecified atom stereocenters. The van der Waals surface area contributed by atoms with Gasteiger partial charge in [0.2, 0.25) is 0 Å². The number of nitrogens with zero attached hydrogens (tertiary/aromatic N) is 2. The lowest BCUT2D eigenvalue weighted by molar-refractivity contribution is 0.102. The maximum absolute atomic E-state index is 11.9. The first-order valence-electron chi connectivity index (χ1n) is 5.03. The van der Waals surface area contributed by atoms with Gasteiger partial charge in [0, 0.05) is 12.4 Å². The smallest absolute Gasteiger partial charge is 0.259 e. The summed E-state index contributed by atoms with van der Waals surface area (Å²) in [6.07, 6.45) is 5.89. The second kappa shape index (κ2) is 4.61. The van der Waals surface area contributed by atoms with Crippen molar-refractivity contribution in [2.24, 2.45) is 0 Å². The molecule has 0 atom stereocenters. The Kier molecular flexibility index (Phi) is 3.00. The Morgan fingerprint density at radius 1 is 1.24 bits per heavy atom. The van der Waals surface area contributed by atoms with E-state index in [2.05, 4.69) is 15.3 Å². The number of carbonyl (C=O) groups excluding carboxylic acids is 1. The molecule has 0 aromatic carbocycles. The number of pyridine rings is 2. The number of amides is 1. The summed E-state index contributed by atoms with van der Waals surface area (Å²) in [4.78, 5) is 19.5. The molecule has 2 rings (SSSR count). The van der Waals surface area contributed by atoms with Gasteiger partial charge in [-0.2, -0.15) is 0 Å². The Morgan fingerprint density at radius 3 is 2.65 bits per heavy atom. The Labute approximate surface area is 98.2 Å². The predicted molar refractivity (Wildman–Crippen MR) is 62.8 cm³/mol. The number of rotatable bonds is 2. The molecule has 0 saturated carbocycles. The summed E-state index contributed by atoms with van der Waals surface area (Å²) in [6, 6.07) is 3.25. The standard InChI is InChI=1S/C12H11N3O2/c1-8-2-4-13-6-10(8)15-12(17)9-3-5-14-7-11(9)16/h2-7,16H,1H3,(H,15,17). The highest BCUT2D eigenvalue weighted by Gasteiger charge is 2.11. The lowest BCUT2D eigenvalue weighted by atomic mass is 10.2. The molecule has 0 aliphatic heterocycles. The van der Waals surface area contributed by atoms with Crippen LogP contribution in [0, 0.1) is 6.92 Å². The molecule has 0 aliphatic carbocycles. The minimum Gasteiger partial charge on any atom is -0.505 e. The molecule has 5 heteroatoms. The number of carbonyl (C=O) groups is 1. The molecule has 2 N–H and O–H groups in total. The second-order valence-electron chi connectivity index (χ2n) is 3.54. The number of nitrogens with one attached hydrogen (secondary N) is 1. The second-order valence-corrected chi connectivity index (χ2v) is 3.54. The number of hydrogen-bond acceptors (Lipinski definition) is 4. The lowest BCUT2D eigenvalue weighted by Gasteiger charge is -2.08. The summed E-state index contributed by atoms with van der Waals surface area (Å²) < 4.78 is 0. The van der Waals surface area contributed by atoms with Crippen molar-refractivity contribution in [2.75, 3.05) is 5.32 Å². The van der Waals surface area contributed by atoms with Crippen LogP contribution in [0.5, 0.6) is 5.75 Å². The van der Waals surface area contributed by atoms with Crippen LogP contribution in [0.2, 0.25) is 0 Å². The minimum atomic E-state index is -0.388. The van der Waals surface area contributed by atoms with Crippen LogP contribution in [0.25, 0.3) is 0 Å². The molecule has 2 aromatic rings. The van der Waals surface area contributed by atoms with Gasteiger partial charge in [-0.25, -0.2) is 0 Å². The summed E-state index contributed by atoms with van der Waals surface area (Å²) in [5.41, 5.74) is 1.71. The molecular formula is C12H11N3O2. The van der Waals surface area contributed by atoms with E-state index in [0.717, 1.165) is 5.56 Å². The summed E-state index contributed by atoms with van der Waals surface area (Å²) in [6.45, 7) is 1.86. The van der Waals surface area contributed by atoms with Gasteiger partial charge in [-0.1, -0.05) is 0 Å². The Balaban J connectivity index is 2.24. The molecule has 5 nitrogen and oxygen atoms in total. The van der Waals surface area contributed by atoms with Crippen LogP contribution in [0.1, 0.15) is 15.9 Å². The van der Waals surface area contributed by atoms with Crippen molar-refractivity contribution < 1.29 is 9.90 Å². The third-order valence-corrected chi connectivity index (χ3v) is 2.33. The lowest BCUT2D eigenvalue weighted by Crippen LogP contribution is -2.13. The number of aryl methyl sites for hydroxylation is 1. The van der Waals surface area contributed by atoms with E-state index < -0.39 is 0 Å². The minimum absolute atomic E-state index is 0.147. The topological polar surface area (TPSA) is 75.1 Å². The van der Waals surface area contributed by atoms with Crippen LogP contribution in [0.3, 0.4) is 0 Å². The molecule has 17 heavy (non-hydrogen) atoms. The molecule has 2 heterocycles. The maximum atomic E-state index is 11.9. The molecule has 0 saturated heterocycles. The zero-order chi connectivity index (χ0) is 12.3. The molecule has 0 spiro atoms. The van der Waals surface area contributed by atoms with Gasteiger partial charge in [-0.05, 0) is 24.6 Å². The summed E-state index contributed by atoms with van der Waals surface area (Å²) in [5, 5.41) is 12.2. The van der Waals surface area contributed by atoms with Gasteiger partial charge in [-0.3, -0.25) is 14.8 Å². The normalized spacial score (nSPS) is 9.94.